The molecule has 0 aliphatic carbocycles. The Morgan fingerprint density at radius 1 is 1.24 bits per heavy atom. The average molecular weight is 489 g/mol. The molecule has 0 fully saturated rings. The summed E-state index contributed by atoms with van der Waals surface area (Å²) in [6.07, 6.45) is 1.61. The van der Waals surface area contributed by atoms with Gasteiger partial charge in [0.2, 0.25) is 0 Å². The molecule has 0 amide bonds. The van der Waals surface area contributed by atoms with E-state index in [9.17, 15) is 4.79 Å². The van der Waals surface area contributed by atoms with Crippen LogP contribution in [0.3, 0.4) is 0 Å². The summed E-state index contributed by atoms with van der Waals surface area (Å²) in [7, 11) is 1.61. The van der Waals surface area contributed by atoms with E-state index in [0.717, 1.165) is 11.3 Å². The summed E-state index contributed by atoms with van der Waals surface area (Å²) < 4.78 is 10.7. The van der Waals surface area contributed by atoms with E-state index >= 15 is 0 Å². The predicted molar refractivity (Wildman–Crippen MR) is 109 cm³/mol. The highest BCUT2D eigenvalue weighted by Gasteiger charge is 2.28. The molecular formula is C19H17Br2ClO3. The lowest BCUT2D eigenvalue weighted by atomic mass is 10.0. The minimum atomic E-state index is -0.495. The number of halogens is 3. The lowest BCUT2D eigenvalue weighted by Crippen LogP contribution is -2.20. The van der Waals surface area contributed by atoms with Crippen LogP contribution < -0.4 is 9.47 Å². The van der Waals surface area contributed by atoms with Gasteiger partial charge in [0.25, 0.3) is 0 Å². The molecule has 2 rings (SSSR count). The first-order valence-corrected chi connectivity index (χ1v) is 9.69. The molecule has 25 heavy (non-hydrogen) atoms. The van der Waals surface area contributed by atoms with E-state index < -0.39 is 4.83 Å². The second-order valence-corrected chi connectivity index (χ2v) is 7.54. The minimum absolute atomic E-state index is 0.126. The standard InChI is InChI=1S/C19H17Br2ClO3/c1-3-11-25-19-14(5-4-6-15(19)22)18(23)17(21)16(20)12-7-9-13(24-2)10-8-12/h3-10,16-17H,1,11H2,2H3. The number of ether oxygens (including phenoxy) is 2. The van der Waals surface area contributed by atoms with Crippen molar-refractivity contribution in [2.24, 2.45) is 0 Å². The molecule has 0 saturated heterocycles. The molecule has 0 N–H and O–H groups in total. The van der Waals surface area contributed by atoms with Crippen LogP contribution in [0.2, 0.25) is 5.02 Å². The van der Waals surface area contributed by atoms with Gasteiger partial charge in [-0.05, 0) is 29.8 Å². The molecule has 2 aromatic carbocycles. The number of benzene rings is 2. The second-order valence-electron chi connectivity index (χ2n) is 5.16. The van der Waals surface area contributed by atoms with Gasteiger partial charge in [0.1, 0.15) is 18.1 Å². The number of para-hydroxylation sites is 1. The van der Waals surface area contributed by atoms with Crippen LogP contribution in [0.4, 0.5) is 0 Å². The topological polar surface area (TPSA) is 35.5 Å². The maximum Gasteiger partial charge on any atom is 0.181 e. The molecule has 132 valence electrons. The Kier molecular flexibility index (Phi) is 7.54. The number of hydrogen-bond acceptors (Lipinski definition) is 3. The van der Waals surface area contributed by atoms with Gasteiger partial charge in [-0.15, -0.1) is 0 Å². The summed E-state index contributed by atoms with van der Waals surface area (Å²) in [4.78, 5) is 12.2. The molecule has 0 spiro atoms. The Morgan fingerprint density at radius 3 is 2.52 bits per heavy atom. The third-order valence-electron chi connectivity index (χ3n) is 3.52. The summed E-state index contributed by atoms with van der Waals surface area (Å²) in [5, 5.41) is 0.392. The summed E-state index contributed by atoms with van der Waals surface area (Å²) in [6, 6.07) is 12.6. The quantitative estimate of drug-likeness (QED) is 0.260. The number of ketones is 1. The fourth-order valence-electron chi connectivity index (χ4n) is 2.23. The largest absolute Gasteiger partial charge is 0.497 e. The minimum Gasteiger partial charge on any atom is -0.497 e. The van der Waals surface area contributed by atoms with Crippen LogP contribution in [0.15, 0.2) is 55.1 Å². The van der Waals surface area contributed by atoms with E-state index in [0.29, 0.717) is 16.3 Å². The highest BCUT2D eigenvalue weighted by atomic mass is 79.9. The molecule has 2 atom stereocenters. The molecule has 0 bridgehead atoms. The molecule has 6 heteroatoms. The highest BCUT2D eigenvalue weighted by molar-refractivity contribution is 9.12. The average Bonchev–Trinajstić information content (AvgIpc) is 2.65. The maximum absolute atomic E-state index is 13.0. The fraction of sp³-hybridized carbons (Fsp3) is 0.211. The third kappa shape index (κ3) is 4.87. The monoisotopic (exact) mass is 486 g/mol. The van der Waals surface area contributed by atoms with Gasteiger partial charge in [0.05, 0.1) is 27.4 Å². The van der Waals surface area contributed by atoms with E-state index in [1.54, 1.807) is 31.4 Å². The molecular weight excluding hydrogens is 471 g/mol. The fourth-order valence-corrected chi connectivity index (χ4v) is 3.56. The molecule has 0 saturated carbocycles. The van der Waals surface area contributed by atoms with Crippen molar-refractivity contribution >= 4 is 49.2 Å². The van der Waals surface area contributed by atoms with Gasteiger partial charge in [0, 0.05) is 0 Å². The lowest BCUT2D eigenvalue weighted by molar-refractivity contribution is 0.0987. The van der Waals surface area contributed by atoms with Crippen molar-refractivity contribution in [3.05, 3.63) is 71.3 Å². The lowest BCUT2D eigenvalue weighted by Gasteiger charge is -2.18. The zero-order chi connectivity index (χ0) is 18.4. The van der Waals surface area contributed by atoms with Crippen molar-refractivity contribution in [3.63, 3.8) is 0 Å². The van der Waals surface area contributed by atoms with Gasteiger partial charge in [-0.1, -0.05) is 74.3 Å². The number of alkyl halides is 2. The highest BCUT2D eigenvalue weighted by Crippen LogP contribution is 2.37. The number of methoxy groups -OCH3 is 1. The normalized spacial score (nSPS) is 13.0. The smallest absolute Gasteiger partial charge is 0.181 e. The zero-order valence-corrected chi connectivity index (χ0v) is 17.5. The van der Waals surface area contributed by atoms with Gasteiger partial charge >= 0.3 is 0 Å². The summed E-state index contributed by atoms with van der Waals surface area (Å²) in [5.74, 6) is 1.00. The van der Waals surface area contributed by atoms with E-state index in [4.69, 9.17) is 21.1 Å². The van der Waals surface area contributed by atoms with Crippen LogP contribution in [-0.2, 0) is 0 Å². The number of Topliss-reactive ketones (excluding diaryl/α,β-unsaturated/α-hetero) is 1. The van der Waals surface area contributed by atoms with Crippen molar-refractivity contribution in [3.8, 4) is 11.5 Å². The zero-order valence-electron chi connectivity index (χ0n) is 13.5. The van der Waals surface area contributed by atoms with E-state index in [1.165, 1.54) is 0 Å². The van der Waals surface area contributed by atoms with Crippen LogP contribution in [0.1, 0.15) is 20.7 Å². The first-order valence-electron chi connectivity index (χ1n) is 7.48. The van der Waals surface area contributed by atoms with Gasteiger partial charge in [-0.25, -0.2) is 0 Å². The first kappa shape index (κ1) is 20.0. The second kappa shape index (κ2) is 9.41. The molecule has 0 aliphatic heterocycles. The van der Waals surface area contributed by atoms with E-state index in [-0.39, 0.29) is 17.2 Å². The molecule has 0 aromatic heterocycles. The third-order valence-corrected chi connectivity index (χ3v) is 6.53. The van der Waals surface area contributed by atoms with Gasteiger partial charge in [0.15, 0.2) is 5.78 Å². The molecule has 0 aliphatic rings. The molecule has 2 unspecified atom stereocenters. The van der Waals surface area contributed by atoms with Crippen molar-refractivity contribution in [2.75, 3.05) is 13.7 Å². The Balaban J connectivity index is 2.26. The maximum atomic E-state index is 13.0. The Bertz CT molecular complexity index is 747. The van der Waals surface area contributed by atoms with Crippen LogP contribution in [0.25, 0.3) is 0 Å². The molecule has 0 heterocycles. The number of hydrogen-bond donors (Lipinski definition) is 0. The number of carbonyl (C=O) groups excluding carboxylic acids is 1. The Labute approximate surface area is 169 Å². The number of carbonyl (C=O) groups is 1. The van der Waals surface area contributed by atoms with Crippen molar-refractivity contribution in [1.29, 1.82) is 0 Å². The van der Waals surface area contributed by atoms with E-state index in [1.807, 2.05) is 24.3 Å². The predicted octanol–water partition coefficient (Wildman–Crippen LogP) is 6.00. The molecule has 3 nitrogen and oxygen atoms in total. The van der Waals surface area contributed by atoms with Crippen LogP contribution in [0, 0.1) is 0 Å². The summed E-state index contributed by atoms with van der Waals surface area (Å²) >= 11 is 13.3. The van der Waals surface area contributed by atoms with E-state index in [2.05, 4.69) is 38.4 Å². The SMILES string of the molecule is C=CCOc1c(Cl)cccc1C(=O)C(Br)C(Br)c1ccc(OC)cc1. The van der Waals surface area contributed by atoms with Crippen molar-refractivity contribution < 1.29 is 14.3 Å². The summed E-state index contributed by atoms with van der Waals surface area (Å²) in [5.41, 5.74) is 1.38. The summed E-state index contributed by atoms with van der Waals surface area (Å²) in [6.45, 7) is 3.89. The van der Waals surface area contributed by atoms with Crippen LogP contribution in [-0.4, -0.2) is 24.3 Å². The first-order chi connectivity index (χ1) is 12.0. The molecule has 0 radical (unpaired) electrons. The molecule has 2 aromatic rings. The van der Waals surface area contributed by atoms with Gasteiger partial charge in [-0.3, -0.25) is 4.79 Å². The van der Waals surface area contributed by atoms with Crippen LogP contribution in [0.5, 0.6) is 11.5 Å². The van der Waals surface area contributed by atoms with Crippen LogP contribution >= 0.6 is 43.5 Å². The van der Waals surface area contributed by atoms with Gasteiger partial charge < -0.3 is 9.47 Å². The Hall–Kier alpha value is -1.30. The van der Waals surface area contributed by atoms with Crippen molar-refractivity contribution in [2.45, 2.75) is 9.65 Å². The number of rotatable bonds is 8. The van der Waals surface area contributed by atoms with Crippen molar-refractivity contribution in [1.82, 2.24) is 0 Å². The van der Waals surface area contributed by atoms with Gasteiger partial charge in [-0.2, -0.15) is 0 Å². The Morgan fingerprint density at radius 2 is 1.92 bits per heavy atom.